The molecule has 90 valence electrons. The molecule has 0 unspecified atom stereocenters. The maximum atomic E-state index is 11.5. The van der Waals surface area contributed by atoms with Gasteiger partial charge in [-0.15, -0.1) is 0 Å². The zero-order chi connectivity index (χ0) is 12.0. The first-order chi connectivity index (χ1) is 7.53. The summed E-state index contributed by atoms with van der Waals surface area (Å²) in [6.45, 7) is 2.22. The molecule has 0 radical (unpaired) electrons. The quantitative estimate of drug-likeness (QED) is 0.797. The molecule has 0 aromatic heterocycles. The maximum Gasteiger partial charge on any atom is 0.211 e. The van der Waals surface area contributed by atoms with Gasteiger partial charge in [0.15, 0.2) is 0 Å². The maximum absolute atomic E-state index is 11.5. The van der Waals surface area contributed by atoms with Gasteiger partial charge in [0.05, 0.1) is 5.75 Å². The van der Waals surface area contributed by atoms with Crippen LogP contribution in [0, 0.1) is 0 Å². The first-order valence-corrected chi connectivity index (χ1v) is 6.94. The number of sulfonamides is 1. The summed E-state index contributed by atoms with van der Waals surface area (Å²) in [6.07, 6.45) is 1.53. The van der Waals surface area contributed by atoms with E-state index >= 15 is 0 Å². The molecule has 16 heavy (non-hydrogen) atoms. The summed E-state index contributed by atoms with van der Waals surface area (Å²) in [5.41, 5.74) is 0.831. The molecule has 0 saturated heterocycles. The largest absolute Gasteiger partial charge is 0.508 e. The van der Waals surface area contributed by atoms with Crippen LogP contribution < -0.4 is 4.72 Å². The smallest absolute Gasteiger partial charge is 0.211 e. The number of rotatable bonds is 6. The minimum absolute atomic E-state index is 0.168. The van der Waals surface area contributed by atoms with Crippen molar-refractivity contribution in [3.05, 3.63) is 29.8 Å². The summed E-state index contributed by atoms with van der Waals surface area (Å²) in [5.74, 6) is 0.347. The molecule has 0 atom stereocenters. The first kappa shape index (κ1) is 13.0. The van der Waals surface area contributed by atoms with Gasteiger partial charge < -0.3 is 5.11 Å². The van der Waals surface area contributed by atoms with E-state index in [-0.39, 0.29) is 18.0 Å². The number of benzene rings is 1. The molecule has 1 aromatic carbocycles. The zero-order valence-electron chi connectivity index (χ0n) is 9.31. The minimum Gasteiger partial charge on any atom is -0.508 e. The Hall–Kier alpha value is -1.07. The Morgan fingerprint density at radius 2 is 1.88 bits per heavy atom. The van der Waals surface area contributed by atoms with Gasteiger partial charge in [-0.3, -0.25) is 0 Å². The lowest BCUT2D eigenvalue weighted by atomic mass is 10.2. The van der Waals surface area contributed by atoms with Gasteiger partial charge in [-0.25, -0.2) is 13.1 Å². The molecule has 0 spiro atoms. The van der Waals surface area contributed by atoms with Crippen LogP contribution in [0.2, 0.25) is 0 Å². The Kier molecular flexibility index (Phi) is 4.76. The van der Waals surface area contributed by atoms with Gasteiger partial charge in [0, 0.05) is 6.54 Å². The van der Waals surface area contributed by atoms with Crippen LogP contribution in [0.1, 0.15) is 25.3 Å². The van der Waals surface area contributed by atoms with Crippen molar-refractivity contribution in [2.45, 2.75) is 26.3 Å². The normalized spacial score (nSPS) is 11.6. The van der Waals surface area contributed by atoms with Crippen molar-refractivity contribution in [1.29, 1.82) is 0 Å². The van der Waals surface area contributed by atoms with E-state index in [9.17, 15) is 8.42 Å². The molecule has 0 aliphatic carbocycles. The Balaban J connectivity index is 2.48. The van der Waals surface area contributed by atoms with E-state index in [2.05, 4.69) is 4.72 Å². The second-order valence-corrected chi connectivity index (χ2v) is 5.59. The highest BCUT2D eigenvalue weighted by Gasteiger charge is 2.08. The number of aromatic hydroxyl groups is 1. The average Bonchev–Trinajstić information content (AvgIpc) is 2.26. The van der Waals surface area contributed by atoms with E-state index in [4.69, 9.17) is 5.11 Å². The van der Waals surface area contributed by atoms with Crippen LogP contribution >= 0.6 is 0 Å². The summed E-state index contributed by atoms with van der Waals surface area (Å²) in [4.78, 5) is 0. The Morgan fingerprint density at radius 1 is 1.25 bits per heavy atom. The molecule has 0 heterocycles. The Bertz CT molecular complexity index is 411. The van der Waals surface area contributed by atoms with E-state index < -0.39 is 10.0 Å². The van der Waals surface area contributed by atoms with Crippen LogP contribution in [0.3, 0.4) is 0 Å². The molecule has 0 bridgehead atoms. The fraction of sp³-hybridized carbons (Fsp3) is 0.455. The van der Waals surface area contributed by atoms with Gasteiger partial charge in [-0.2, -0.15) is 0 Å². The van der Waals surface area contributed by atoms with Crippen LogP contribution in [0.15, 0.2) is 24.3 Å². The lowest BCUT2D eigenvalue weighted by Gasteiger charge is -2.06. The number of unbranched alkanes of at least 4 members (excludes halogenated alkanes) is 1. The molecule has 0 aliphatic heterocycles. The third-order valence-electron chi connectivity index (χ3n) is 2.20. The summed E-state index contributed by atoms with van der Waals surface area (Å²) in [7, 11) is -3.16. The summed E-state index contributed by atoms with van der Waals surface area (Å²) >= 11 is 0. The zero-order valence-corrected chi connectivity index (χ0v) is 10.1. The molecule has 0 fully saturated rings. The number of nitrogens with one attached hydrogen (secondary N) is 1. The summed E-state index contributed by atoms with van der Waals surface area (Å²) < 4.78 is 25.5. The predicted molar refractivity (Wildman–Crippen MR) is 63.6 cm³/mol. The van der Waals surface area contributed by atoms with Crippen molar-refractivity contribution in [2.24, 2.45) is 0 Å². The molecule has 4 nitrogen and oxygen atoms in total. The van der Waals surface area contributed by atoms with E-state index in [1.165, 1.54) is 12.1 Å². The lowest BCUT2D eigenvalue weighted by molar-refractivity contribution is 0.475. The summed E-state index contributed by atoms with van der Waals surface area (Å²) in [5, 5.41) is 9.06. The third kappa shape index (κ3) is 4.63. The van der Waals surface area contributed by atoms with Gasteiger partial charge in [0.2, 0.25) is 10.0 Å². The number of hydrogen-bond donors (Lipinski definition) is 2. The van der Waals surface area contributed by atoms with Crippen molar-refractivity contribution >= 4 is 10.0 Å². The fourth-order valence-corrected chi connectivity index (χ4v) is 2.41. The Labute approximate surface area is 96.4 Å². The first-order valence-electron chi connectivity index (χ1n) is 5.29. The van der Waals surface area contributed by atoms with Crippen LogP contribution in [0.5, 0.6) is 5.75 Å². The van der Waals surface area contributed by atoms with Crippen molar-refractivity contribution < 1.29 is 13.5 Å². The molecule has 0 saturated carbocycles. The summed E-state index contributed by atoms with van der Waals surface area (Å²) in [6, 6.07) is 6.46. The van der Waals surface area contributed by atoms with Gasteiger partial charge in [-0.1, -0.05) is 25.5 Å². The van der Waals surface area contributed by atoms with E-state index in [0.29, 0.717) is 6.42 Å². The molecular formula is C11H17NO3S. The molecule has 0 aliphatic rings. The number of phenolic OH excluding ortho intramolecular Hbond substituents is 1. The van der Waals surface area contributed by atoms with Gasteiger partial charge in [0.25, 0.3) is 0 Å². The van der Waals surface area contributed by atoms with Crippen LogP contribution in [-0.4, -0.2) is 19.3 Å². The minimum atomic E-state index is -3.16. The van der Waals surface area contributed by atoms with Crippen LogP contribution in [0.25, 0.3) is 0 Å². The predicted octanol–water partition coefficient (Wildman–Crippen LogP) is 1.61. The lowest BCUT2D eigenvalue weighted by Crippen LogP contribution is -2.25. The molecule has 0 amide bonds. The SMILES string of the molecule is CCCCS(=O)(=O)NCc1ccc(O)cc1. The monoisotopic (exact) mass is 243 g/mol. The second-order valence-electron chi connectivity index (χ2n) is 3.66. The second kappa shape index (κ2) is 5.86. The van der Waals surface area contributed by atoms with E-state index in [1.807, 2.05) is 6.92 Å². The van der Waals surface area contributed by atoms with Gasteiger partial charge in [-0.05, 0) is 24.1 Å². The average molecular weight is 243 g/mol. The van der Waals surface area contributed by atoms with Crippen molar-refractivity contribution in [2.75, 3.05) is 5.75 Å². The van der Waals surface area contributed by atoms with Crippen molar-refractivity contribution in [1.82, 2.24) is 4.72 Å². The van der Waals surface area contributed by atoms with Gasteiger partial charge in [0.1, 0.15) is 5.75 Å². The highest BCUT2D eigenvalue weighted by atomic mass is 32.2. The number of hydrogen-bond acceptors (Lipinski definition) is 3. The van der Waals surface area contributed by atoms with E-state index in [0.717, 1.165) is 12.0 Å². The molecule has 1 rings (SSSR count). The van der Waals surface area contributed by atoms with E-state index in [1.54, 1.807) is 12.1 Å². The van der Waals surface area contributed by atoms with Crippen molar-refractivity contribution in [3.63, 3.8) is 0 Å². The Morgan fingerprint density at radius 3 is 2.44 bits per heavy atom. The highest BCUT2D eigenvalue weighted by molar-refractivity contribution is 7.89. The van der Waals surface area contributed by atoms with Crippen LogP contribution in [-0.2, 0) is 16.6 Å². The fourth-order valence-electron chi connectivity index (χ4n) is 1.21. The molecule has 1 aromatic rings. The highest BCUT2D eigenvalue weighted by Crippen LogP contribution is 2.09. The standard InChI is InChI=1S/C11H17NO3S/c1-2-3-8-16(14,15)12-9-10-4-6-11(13)7-5-10/h4-7,12-13H,2-3,8-9H2,1H3. The molecular weight excluding hydrogens is 226 g/mol. The number of phenols is 1. The van der Waals surface area contributed by atoms with Gasteiger partial charge >= 0.3 is 0 Å². The third-order valence-corrected chi connectivity index (χ3v) is 3.61. The molecule has 5 heteroatoms. The topological polar surface area (TPSA) is 66.4 Å². The van der Waals surface area contributed by atoms with Crippen molar-refractivity contribution in [3.8, 4) is 5.75 Å². The van der Waals surface area contributed by atoms with Crippen LogP contribution in [0.4, 0.5) is 0 Å². The molecule has 2 N–H and O–H groups in total.